The smallest absolute Gasteiger partial charge is 0.338 e. The molecule has 0 amide bonds. The van der Waals surface area contributed by atoms with Crippen molar-refractivity contribution in [2.45, 2.75) is 151 Å². The normalized spacial score (nSPS) is 23.3. The fourth-order valence-corrected chi connectivity index (χ4v) is 12.9. The van der Waals surface area contributed by atoms with Crippen molar-refractivity contribution in [3.63, 3.8) is 0 Å². The van der Waals surface area contributed by atoms with Crippen LogP contribution in [0, 0.1) is 0 Å². The van der Waals surface area contributed by atoms with Crippen molar-refractivity contribution in [3.8, 4) is 0 Å². The third kappa shape index (κ3) is 22.5. The molecule has 15 atom stereocenters. The lowest BCUT2D eigenvalue weighted by molar-refractivity contribution is -0.381. The molecule has 9 aromatic carbocycles. The lowest BCUT2D eigenvalue weighted by atomic mass is 9.94. The third-order valence-corrected chi connectivity index (χ3v) is 18.6. The molecule has 9 aromatic rings. The highest BCUT2D eigenvalue weighted by molar-refractivity contribution is 5.91. The number of azide groups is 1. The summed E-state index contributed by atoms with van der Waals surface area (Å²) in [6.07, 6.45) is -25.5. The monoisotopic (exact) mass is 1520 g/mol. The summed E-state index contributed by atoms with van der Waals surface area (Å²) in [4.78, 5) is 92.8. The lowest BCUT2D eigenvalue weighted by Crippen LogP contribution is -2.69. The highest BCUT2D eigenvalue weighted by Crippen LogP contribution is 2.40. The number of aliphatic hydroxyl groups is 1. The Hall–Kier alpha value is -11.3. The van der Waals surface area contributed by atoms with Crippen molar-refractivity contribution in [3.05, 3.63) is 334 Å². The van der Waals surface area contributed by atoms with E-state index in [2.05, 4.69) is 10.0 Å². The Kier molecular flexibility index (Phi) is 29.8. The molecule has 3 aliphatic heterocycles. The number of hydrogen-bond acceptors (Lipinski definition) is 23. The molecule has 0 saturated carbocycles. The Bertz CT molecular complexity index is 4450. The number of carbonyl (C=O) groups excluding carboxylic acids is 6. The molecule has 0 radical (unpaired) electrons. The van der Waals surface area contributed by atoms with Gasteiger partial charge in [-0.25, -0.2) is 28.8 Å². The zero-order valence-corrected chi connectivity index (χ0v) is 61.0. The van der Waals surface area contributed by atoms with E-state index in [1.165, 1.54) is 48.5 Å². The Morgan fingerprint density at radius 1 is 0.339 bits per heavy atom. The van der Waals surface area contributed by atoms with Crippen LogP contribution in [0.1, 0.15) is 94.9 Å². The summed E-state index contributed by atoms with van der Waals surface area (Å²) in [5.41, 5.74) is 12.2. The average molecular weight is 1520 g/mol. The second-order valence-electron chi connectivity index (χ2n) is 26.5. The number of esters is 6. The minimum atomic E-state index is -2.08. The molecule has 0 bridgehead atoms. The van der Waals surface area contributed by atoms with Crippen molar-refractivity contribution in [1.29, 1.82) is 0 Å². The minimum Gasteiger partial charge on any atom is -0.459 e. The van der Waals surface area contributed by atoms with Crippen molar-refractivity contribution < 1.29 is 105 Å². The number of rotatable bonds is 36. The van der Waals surface area contributed by atoms with Crippen LogP contribution in [-0.2, 0) is 114 Å². The van der Waals surface area contributed by atoms with E-state index >= 15 is 14.4 Å². The molecule has 580 valence electrons. The molecule has 3 heterocycles. The van der Waals surface area contributed by atoms with Crippen LogP contribution in [0.3, 0.4) is 0 Å². The number of benzene rings is 9. The molecule has 25 heteroatoms. The predicted molar refractivity (Wildman–Crippen MR) is 401 cm³/mol. The zero-order chi connectivity index (χ0) is 77.6. The Morgan fingerprint density at radius 2 is 0.688 bits per heavy atom. The summed E-state index contributed by atoms with van der Waals surface area (Å²) in [6, 6.07) is 76.1. The Balaban J connectivity index is 1.02. The van der Waals surface area contributed by atoms with Crippen LogP contribution in [0.25, 0.3) is 10.4 Å². The summed E-state index contributed by atoms with van der Waals surface area (Å²) >= 11 is 0. The molecular weight excluding hydrogens is 1440 g/mol. The van der Waals surface area contributed by atoms with Gasteiger partial charge in [-0.3, -0.25) is 0 Å². The largest absolute Gasteiger partial charge is 0.459 e. The Morgan fingerprint density at radius 3 is 1.13 bits per heavy atom. The van der Waals surface area contributed by atoms with E-state index in [1.54, 1.807) is 224 Å². The van der Waals surface area contributed by atoms with Gasteiger partial charge in [-0.05, 0) is 94.7 Å². The average Bonchev–Trinajstić information content (AvgIpc) is 0.756. The van der Waals surface area contributed by atoms with Gasteiger partial charge in [0.1, 0.15) is 62.5 Å². The number of hydrogen-bond donors (Lipinski definition) is 1. The van der Waals surface area contributed by atoms with Crippen LogP contribution in [0.15, 0.2) is 278 Å². The first-order valence-electron chi connectivity index (χ1n) is 36.9. The van der Waals surface area contributed by atoms with E-state index < -0.39 is 135 Å². The predicted octanol–water partition coefficient (Wildman–Crippen LogP) is 13.0. The number of unbranched alkanes of at least 4 members (excludes halogenated alkanes) is 3. The standard InChI is InChI=1S/C87H85N3O22/c88-90-89-50-30-1-2-31-51-98-85-78(108-82(95)66-48-28-11-29-49-66)74(73(101-54-60-36-16-5-17-37-60)76(111-85)84(97)103-56-62-40-20-7-21-41-62)110-87-77(107-81(94)65-46-26-10-27-47-65)72(100-53-59-34-14-4-15-35-59)69(67(105-87)57-104-79(92)63-42-22-8-23-43-63)109-86-71(106-80(93)64-44-24-9-25-45-64)68(91)70(99-52-58-32-12-3-13-33-58)75(112-86)83(96)102-55-61-38-18-6-19-39-61/h3-29,32-49,67-78,85-87,91H,1-2,30-31,50-57H2/t67-,68+,69-,70+,71-,72+,73+,74+,75+,76+,77-,78-,85-,86-,87+/m1/s1. The SMILES string of the molecule is [N-]=[N+]=NCCCCCCO[C@@H]1O[C@H](C(=O)OCc2ccccc2)[C@@H](OCc2ccccc2)[C@H](O[C@@H]2O[C@H](COC(=O)c3ccccc3)[C@@H](O[C@@H]3O[C@H](C(=O)OCc4ccccc4)[C@@H](OCc4ccccc4)[C@H](O)[C@H]3OC(=O)c3ccccc3)[C@H](OCc3ccccc3)[C@H]2OC(=O)c2ccccc2)[C@H]1OC(=O)c1ccccc1. The number of ether oxygens (including phenoxy) is 15. The lowest BCUT2D eigenvalue weighted by Gasteiger charge is -2.50. The summed E-state index contributed by atoms with van der Waals surface area (Å²) in [7, 11) is 0. The van der Waals surface area contributed by atoms with Gasteiger partial charge in [0.25, 0.3) is 0 Å². The first-order valence-corrected chi connectivity index (χ1v) is 36.9. The number of nitrogens with zero attached hydrogens (tertiary/aromatic N) is 3. The molecule has 112 heavy (non-hydrogen) atoms. The van der Waals surface area contributed by atoms with Gasteiger partial charge in [0, 0.05) is 18.1 Å². The second kappa shape index (κ2) is 41.7. The molecule has 12 rings (SSSR count). The van der Waals surface area contributed by atoms with Crippen molar-refractivity contribution in [1.82, 2.24) is 0 Å². The summed E-state index contributed by atoms with van der Waals surface area (Å²) in [5.74, 6) is -5.74. The van der Waals surface area contributed by atoms with Crippen LogP contribution in [0.2, 0.25) is 0 Å². The van der Waals surface area contributed by atoms with Gasteiger partial charge >= 0.3 is 35.8 Å². The fraction of sp³-hybridized carbons (Fsp3) is 0.310. The van der Waals surface area contributed by atoms with E-state index in [-0.39, 0.29) is 68.4 Å². The van der Waals surface area contributed by atoms with Gasteiger partial charge in [0.15, 0.2) is 49.4 Å². The summed E-state index contributed by atoms with van der Waals surface area (Å²) in [6.45, 7) is -1.84. The summed E-state index contributed by atoms with van der Waals surface area (Å²) < 4.78 is 101. The molecule has 3 saturated heterocycles. The van der Waals surface area contributed by atoms with E-state index in [0.717, 1.165) is 0 Å². The minimum absolute atomic E-state index is 0.0155. The van der Waals surface area contributed by atoms with E-state index in [4.69, 9.17) is 76.6 Å². The molecule has 0 unspecified atom stereocenters. The molecule has 1 N–H and O–H groups in total. The van der Waals surface area contributed by atoms with Gasteiger partial charge in [0.05, 0.1) is 42.1 Å². The topological polar surface area (TPSA) is 310 Å². The van der Waals surface area contributed by atoms with Gasteiger partial charge in [-0.2, -0.15) is 0 Å². The summed E-state index contributed by atoms with van der Waals surface area (Å²) in [5, 5.41) is 16.8. The van der Waals surface area contributed by atoms with Crippen LogP contribution >= 0.6 is 0 Å². The van der Waals surface area contributed by atoms with Gasteiger partial charge in [-0.15, -0.1) is 0 Å². The highest BCUT2D eigenvalue weighted by Gasteiger charge is 2.60. The first-order chi connectivity index (χ1) is 54.9. The van der Waals surface area contributed by atoms with Crippen molar-refractivity contribution in [2.75, 3.05) is 19.8 Å². The fourth-order valence-electron chi connectivity index (χ4n) is 12.9. The van der Waals surface area contributed by atoms with Crippen LogP contribution < -0.4 is 0 Å². The maximum absolute atomic E-state index is 15.4. The van der Waals surface area contributed by atoms with Gasteiger partial charge < -0.3 is 76.2 Å². The van der Waals surface area contributed by atoms with Gasteiger partial charge in [0.2, 0.25) is 0 Å². The molecule has 0 aliphatic carbocycles. The maximum atomic E-state index is 15.4. The van der Waals surface area contributed by atoms with Crippen LogP contribution in [-0.4, -0.2) is 153 Å². The van der Waals surface area contributed by atoms with Crippen molar-refractivity contribution in [2.24, 2.45) is 5.11 Å². The molecular formula is C87H85N3O22. The molecule has 3 fully saturated rings. The van der Waals surface area contributed by atoms with E-state index in [9.17, 15) is 19.5 Å². The molecule has 0 aromatic heterocycles. The maximum Gasteiger partial charge on any atom is 0.338 e. The van der Waals surface area contributed by atoms with Crippen LogP contribution in [0.5, 0.6) is 0 Å². The first kappa shape index (κ1) is 80.2. The number of aliphatic hydroxyl groups excluding tert-OH is 1. The zero-order valence-electron chi connectivity index (χ0n) is 61.0. The van der Waals surface area contributed by atoms with Crippen molar-refractivity contribution >= 4 is 35.8 Å². The van der Waals surface area contributed by atoms with E-state index in [1.807, 2.05) is 0 Å². The van der Waals surface area contributed by atoms with Gasteiger partial charge in [-0.1, -0.05) is 242 Å². The van der Waals surface area contributed by atoms with E-state index in [0.29, 0.717) is 53.5 Å². The highest BCUT2D eigenvalue weighted by atomic mass is 16.8. The van der Waals surface area contributed by atoms with Crippen LogP contribution in [0.4, 0.5) is 0 Å². The molecule has 25 nitrogen and oxygen atoms in total. The Labute approximate surface area is 647 Å². The number of carbonyl (C=O) groups is 6. The second-order valence-corrected chi connectivity index (χ2v) is 26.5. The molecule has 0 spiro atoms. The molecule has 3 aliphatic rings. The third-order valence-electron chi connectivity index (χ3n) is 18.6. The quantitative estimate of drug-likeness (QED) is 0.00952.